The molecule has 0 amide bonds. The van der Waals surface area contributed by atoms with E-state index in [0.717, 1.165) is 17.8 Å². The van der Waals surface area contributed by atoms with Gasteiger partial charge in [0.2, 0.25) is 0 Å². The number of rotatable bonds is 4. The Bertz CT molecular complexity index is 312. The number of hydrogen-bond acceptors (Lipinski definition) is 2. The van der Waals surface area contributed by atoms with E-state index >= 15 is 0 Å². The van der Waals surface area contributed by atoms with Crippen molar-refractivity contribution in [3.63, 3.8) is 0 Å². The van der Waals surface area contributed by atoms with Gasteiger partial charge in [0.1, 0.15) is 0 Å². The number of hydrogen-bond donors (Lipinski definition) is 1. The van der Waals surface area contributed by atoms with Crippen molar-refractivity contribution in [2.45, 2.75) is 37.5 Å². The minimum Gasteiger partial charge on any atom is -0.312 e. The molecule has 0 radical (unpaired) electrons. The molecule has 3 atom stereocenters. The molecule has 0 aliphatic carbocycles. The van der Waals surface area contributed by atoms with Crippen LogP contribution >= 0.6 is 11.8 Å². The normalized spacial score (nSPS) is 26.9. The first-order chi connectivity index (χ1) is 7.77. The predicted octanol–water partition coefficient (Wildman–Crippen LogP) is 3.27. The molecule has 0 saturated carbocycles. The highest BCUT2D eigenvalue weighted by Crippen LogP contribution is 2.26. The van der Waals surface area contributed by atoms with E-state index in [1.54, 1.807) is 0 Å². The van der Waals surface area contributed by atoms with Crippen LogP contribution in [0.3, 0.4) is 0 Å². The Morgan fingerprint density at radius 2 is 2.12 bits per heavy atom. The van der Waals surface area contributed by atoms with Gasteiger partial charge in [0.15, 0.2) is 0 Å². The standard InChI is InChI=1S/C14H21NS/c1-11(13-6-4-3-5-7-13)10-15-14-8-9-16-12(14)2/h3-7,11-12,14-15H,8-10H2,1-2H3. The van der Waals surface area contributed by atoms with Gasteiger partial charge in [-0.1, -0.05) is 44.2 Å². The lowest BCUT2D eigenvalue weighted by Gasteiger charge is -2.20. The average molecular weight is 235 g/mol. The number of thioether (sulfide) groups is 1. The molecule has 0 bridgehead atoms. The molecule has 1 aliphatic rings. The van der Waals surface area contributed by atoms with E-state index in [4.69, 9.17) is 0 Å². The molecule has 2 heteroatoms. The van der Waals surface area contributed by atoms with Gasteiger partial charge in [-0.2, -0.15) is 11.8 Å². The average Bonchev–Trinajstić information content (AvgIpc) is 2.73. The largest absolute Gasteiger partial charge is 0.312 e. The van der Waals surface area contributed by atoms with Crippen LogP contribution < -0.4 is 5.32 Å². The molecule has 3 unspecified atom stereocenters. The molecule has 16 heavy (non-hydrogen) atoms. The second-order valence-corrected chi connectivity index (χ2v) is 6.18. The minimum absolute atomic E-state index is 0.610. The van der Waals surface area contributed by atoms with Crippen LogP contribution in [0, 0.1) is 0 Å². The summed E-state index contributed by atoms with van der Waals surface area (Å²) in [6, 6.07) is 11.5. The molecule has 0 spiro atoms. The molecule has 0 aromatic heterocycles. The molecule has 1 saturated heterocycles. The summed E-state index contributed by atoms with van der Waals surface area (Å²) in [6.07, 6.45) is 1.33. The molecule has 1 N–H and O–H groups in total. The summed E-state index contributed by atoms with van der Waals surface area (Å²) < 4.78 is 0. The third-order valence-electron chi connectivity index (χ3n) is 3.43. The van der Waals surface area contributed by atoms with Crippen LogP contribution in [-0.4, -0.2) is 23.6 Å². The van der Waals surface area contributed by atoms with Crippen molar-refractivity contribution in [2.75, 3.05) is 12.3 Å². The molecule has 1 aromatic rings. The van der Waals surface area contributed by atoms with Crippen molar-refractivity contribution in [3.05, 3.63) is 35.9 Å². The van der Waals surface area contributed by atoms with Gasteiger partial charge in [-0.3, -0.25) is 0 Å². The Labute approximate surface area is 103 Å². The molecular weight excluding hydrogens is 214 g/mol. The first-order valence-corrected chi connectivity index (χ1v) is 7.22. The lowest BCUT2D eigenvalue weighted by molar-refractivity contribution is 0.491. The first kappa shape index (κ1) is 12.0. The lowest BCUT2D eigenvalue weighted by Crippen LogP contribution is -2.35. The first-order valence-electron chi connectivity index (χ1n) is 6.17. The zero-order valence-electron chi connectivity index (χ0n) is 10.1. The van der Waals surface area contributed by atoms with E-state index in [1.165, 1.54) is 17.7 Å². The fourth-order valence-electron chi connectivity index (χ4n) is 2.23. The monoisotopic (exact) mass is 235 g/mol. The summed E-state index contributed by atoms with van der Waals surface area (Å²) in [5.74, 6) is 1.93. The van der Waals surface area contributed by atoms with Gasteiger partial charge in [0, 0.05) is 17.8 Å². The maximum atomic E-state index is 3.71. The summed E-state index contributed by atoms with van der Waals surface area (Å²) in [6.45, 7) is 5.73. The Hall–Kier alpha value is -0.470. The van der Waals surface area contributed by atoms with Gasteiger partial charge in [-0.15, -0.1) is 0 Å². The van der Waals surface area contributed by atoms with Crippen LogP contribution in [0.5, 0.6) is 0 Å². The predicted molar refractivity (Wildman–Crippen MR) is 73.2 cm³/mol. The number of benzene rings is 1. The van der Waals surface area contributed by atoms with E-state index in [0.29, 0.717) is 5.92 Å². The maximum Gasteiger partial charge on any atom is 0.0191 e. The zero-order valence-corrected chi connectivity index (χ0v) is 11.0. The molecule has 1 nitrogen and oxygen atoms in total. The molecular formula is C14H21NS. The van der Waals surface area contributed by atoms with Crippen LogP contribution in [0.4, 0.5) is 0 Å². The van der Waals surface area contributed by atoms with E-state index < -0.39 is 0 Å². The third-order valence-corrected chi connectivity index (χ3v) is 4.76. The van der Waals surface area contributed by atoms with E-state index in [1.807, 2.05) is 0 Å². The van der Waals surface area contributed by atoms with Crippen molar-refractivity contribution in [1.29, 1.82) is 0 Å². The maximum absolute atomic E-state index is 3.71. The van der Waals surface area contributed by atoms with Gasteiger partial charge < -0.3 is 5.32 Å². The Morgan fingerprint density at radius 1 is 1.38 bits per heavy atom. The third kappa shape index (κ3) is 3.02. The molecule has 1 aromatic carbocycles. The van der Waals surface area contributed by atoms with E-state index in [2.05, 4.69) is 61.3 Å². The van der Waals surface area contributed by atoms with Gasteiger partial charge in [0.25, 0.3) is 0 Å². The van der Waals surface area contributed by atoms with Crippen molar-refractivity contribution in [3.8, 4) is 0 Å². The van der Waals surface area contributed by atoms with Crippen LogP contribution in [0.1, 0.15) is 31.7 Å². The number of nitrogens with one attached hydrogen (secondary N) is 1. The van der Waals surface area contributed by atoms with Crippen LogP contribution in [0.25, 0.3) is 0 Å². The smallest absolute Gasteiger partial charge is 0.0191 e. The quantitative estimate of drug-likeness (QED) is 0.859. The lowest BCUT2D eigenvalue weighted by atomic mass is 10.0. The van der Waals surface area contributed by atoms with Crippen LogP contribution in [-0.2, 0) is 0 Å². The Balaban J connectivity index is 1.82. The Kier molecular flexibility index (Phi) is 4.30. The second kappa shape index (κ2) is 5.74. The van der Waals surface area contributed by atoms with E-state index in [-0.39, 0.29) is 0 Å². The Morgan fingerprint density at radius 3 is 2.75 bits per heavy atom. The molecule has 1 fully saturated rings. The minimum atomic E-state index is 0.610. The van der Waals surface area contributed by atoms with Gasteiger partial charge >= 0.3 is 0 Å². The highest BCUT2D eigenvalue weighted by molar-refractivity contribution is 8.00. The summed E-state index contributed by atoms with van der Waals surface area (Å²) in [4.78, 5) is 0. The zero-order chi connectivity index (χ0) is 11.4. The summed E-state index contributed by atoms with van der Waals surface area (Å²) >= 11 is 2.09. The summed E-state index contributed by atoms with van der Waals surface area (Å²) in [5, 5.41) is 4.49. The molecule has 88 valence electrons. The van der Waals surface area contributed by atoms with Gasteiger partial charge in [0.05, 0.1) is 0 Å². The van der Waals surface area contributed by atoms with Gasteiger partial charge in [-0.25, -0.2) is 0 Å². The van der Waals surface area contributed by atoms with Crippen molar-refractivity contribution >= 4 is 11.8 Å². The van der Waals surface area contributed by atoms with Crippen molar-refractivity contribution < 1.29 is 0 Å². The SMILES string of the molecule is CC(CNC1CCSC1C)c1ccccc1. The fraction of sp³-hybridized carbons (Fsp3) is 0.571. The van der Waals surface area contributed by atoms with Crippen LogP contribution in [0.15, 0.2) is 30.3 Å². The van der Waals surface area contributed by atoms with Crippen molar-refractivity contribution in [1.82, 2.24) is 5.32 Å². The topological polar surface area (TPSA) is 12.0 Å². The van der Waals surface area contributed by atoms with E-state index in [9.17, 15) is 0 Å². The molecule has 2 rings (SSSR count). The highest BCUT2D eigenvalue weighted by atomic mass is 32.2. The summed E-state index contributed by atoms with van der Waals surface area (Å²) in [7, 11) is 0. The fourth-order valence-corrected chi connectivity index (χ4v) is 3.45. The van der Waals surface area contributed by atoms with Crippen LogP contribution in [0.2, 0.25) is 0 Å². The van der Waals surface area contributed by atoms with Gasteiger partial charge in [-0.05, 0) is 23.7 Å². The molecule has 1 heterocycles. The summed E-state index contributed by atoms with van der Waals surface area (Å²) in [5.41, 5.74) is 1.44. The van der Waals surface area contributed by atoms with Crippen molar-refractivity contribution in [2.24, 2.45) is 0 Å². The second-order valence-electron chi connectivity index (χ2n) is 4.69. The molecule has 1 aliphatic heterocycles. The highest BCUT2D eigenvalue weighted by Gasteiger charge is 2.23.